The van der Waals surface area contributed by atoms with E-state index in [0.717, 1.165) is 43.6 Å². The summed E-state index contributed by atoms with van der Waals surface area (Å²) >= 11 is 0. The predicted octanol–water partition coefficient (Wildman–Crippen LogP) is 5.08. The summed E-state index contributed by atoms with van der Waals surface area (Å²) in [4.78, 5) is 39.8. The molecular formula is C29H32N4O4. The molecule has 8 heteroatoms. The largest absolute Gasteiger partial charge is 0.462 e. The van der Waals surface area contributed by atoms with Crippen molar-refractivity contribution in [1.82, 2.24) is 5.32 Å². The molecule has 0 spiro atoms. The van der Waals surface area contributed by atoms with E-state index in [2.05, 4.69) is 20.9 Å². The predicted molar refractivity (Wildman–Crippen MR) is 145 cm³/mol. The van der Waals surface area contributed by atoms with Crippen LogP contribution in [0.1, 0.15) is 46.0 Å². The summed E-state index contributed by atoms with van der Waals surface area (Å²) in [6, 6.07) is 21.4. The molecule has 4 rings (SSSR count). The van der Waals surface area contributed by atoms with Crippen LogP contribution in [0, 0.1) is 0 Å². The average Bonchev–Trinajstić information content (AvgIpc) is 3.45. The van der Waals surface area contributed by atoms with Crippen molar-refractivity contribution in [3.05, 3.63) is 89.5 Å². The van der Waals surface area contributed by atoms with Crippen LogP contribution in [-0.2, 0) is 11.2 Å². The highest BCUT2D eigenvalue weighted by Gasteiger charge is 2.20. The Morgan fingerprint density at radius 1 is 0.865 bits per heavy atom. The van der Waals surface area contributed by atoms with Gasteiger partial charge in [-0.25, -0.2) is 9.59 Å². The molecular weight excluding hydrogens is 468 g/mol. The van der Waals surface area contributed by atoms with Crippen molar-refractivity contribution in [1.29, 1.82) is 0 Å². The van der Waals surface area contributed by atoms with Crippen molar-refractivity contribution >= 4 is 35.0 Å². The Morgan fingerprint density at radius 3 is 2.24 bits per heavy atom. The number of hydrogen-bond acceptors (Lipinski definition) is 5. The van der Waals surface area contributed by atoms with Gasteiger partial charge < -0.3 is 25.6 Å². The number of ether oxygens (including phenoxy) is 1. The Hall–Kier alpha value is -4.33. The van der Waals surface area contributed by atoms with E-state index < -0.39 is 12.0 Å². The summed E-state index contributed by atoms with van der Waals surface area (Å²) in [5, 5.41) is 8.57. The molecule has 192 valence electrons. The average molecular weight is 501 g/mol. The number of hydrogen-bond donors (Lipinski definition) is 3. The number of nitrogens with one attached hydrogen (secondary N) is 3. The van der Waals surface area contributed by atoms with Gasteiger partial charge in [0.25, 0.3) is 5.91 Å². The Bertz CT molecular complexity index is 1220. The second-order valence-corrected chi connectivity index (χ2v) is 8.79. The summed E-state index contributed by atoms with van der Waals surface area (Å²) in [7, 11) is 0. The lowest BCUT2D eigenvalue weighted by Crippen LogP contribution is -2.29. The number of urea groups is 1. The standard InChI is InChI=1S/C29H32N4O4/c1-2-37-28(35)22-10-12-23(13-11-22)31-29(36)32-24-14-15-26(33-18-6-7-19-33)25(20-24)27(34)30-17-16-21-8-4-3-5-9-21/h3-5,8-15,20H,2,6-7,16-19H2,1H3,(H,30,34)(H2,31,32,36). The van der Waals surface area contributed by atoms with Crippen LogP contribution in [0.4, 0.5) is 21.9 Å². The van der Waals surface area contributed by atoms with Gasteiger partial charge in [-0.1, -0.05) is 30.3 Å². The summed E-state index contributed by atoms with van der Waals surface area (Å²) in [6.45, 7) is 4.36. The first-order valence-corrected chi connectivity index (χ1v) is 12.6. The summed E-state index contributed by atoms with van der Waals surface area (Å²) in [6.07, 6.45) is 2.92. The normalized spacial score (nSPS) is 12.6. The van der Waals surface area contributed by atoms with Crippen molar-refractivity contribution in [3.8, 4) is 0 Å². The van der Waals surface area contributed by atoms with Crippen LogP contribution < -0.4 is 20.9 Å². The van der Waals surface area contributed by atoms with Crippen molar-refractivity contribution < 1.29 is 19.1 Å². The molecule has 8 nitrogen and oxygen atoms in total. The zero-order valence-corrected chi connectivity index (χ0v) is 21.0. The first kappa shape index (κ1) is 25.8. The third-order valence-electron chi connectivity index (χ3n) is 6.14. The van der Waals surface area contributed by atoms with Crippen molar-refractivity contribution in [2.75, 3.05) is 41.8 Å². The number of benzene rings is 3. The van der Waals surface area contributed by atoms with Crippen LogP contribution >= 0.6 is 0 Å². The quantitative estimate of drug-likeness (QED) is 0.356. The van der Waals surface area contributed by atoms with E-state index in [1.165, 1.54) is 0 Å². The van der Waals surface area contributed by atoms with Crippen LogP contribution in [0.25, 0.3) is 0 Å². The fourth-order valence-electron chi connectivity index (χ4n) is 4.29. The number of carbonyl (C=O) groups is 3. The Balaban J connectivity index is 1.42. The number of anilines is 3. The van der Waals surface area contributed by atoms with E-state index in [1.807, 2.05) is 36.4 Å². The number of esters is 1. The van der Waals surface area contributed by atoms with Crippen LogP contribution in [0.15, 0.2) is 72.8 Å². The van der Waals surface area contributed by atoms with Crippen LogP contribution in [-0.4, -0.2) is 44.1 Å². The molecule has 0 aromatic heterocycles. The summed E-state index contributed by atoms with van der Waals surface area (Å²) in [5.41, 5.74) is 4.01. The van der Waals surface area contributed by atoms with Crippen molar-refractivity contribution in [3.63, 3.8) is 0 Å². The van der Waals surface area contributed by atoms with Gasteiger partial charge in [0.15, 0.2) is 0 Å². The third kappa shape index (κ3) is 7.10. The van der Waals surface area contributed by atoms with Gasteiger partial charge in [0.2, 0.25) is 0 Å². The second kappa shape index (κ2) is 12.6. The minimum Gasteiger partial charge on any atom is -0.462 e. The third-order valence-corrected chi connectivity index (χ3v) is 6.14. The number of nitrogens with zero attached hydrogens (tertiary/aromatic N) is 1. The SMILES string of the molecule is CCOC(=O)c1ccc(NC(=O)Nc2ccc(N3CCCC3)c(C(=O)NCCc3ccccc3)c2)cc1. The maximum atomic E-state index is 13.2. The molecule has 1 heterocycles. The molecule has 3 aromatic rings. The first-order chi connectivity index (χ1) is 18.0. The second-order valence-electron chi connectivity index (χ2n) is 8.79. The molecule has 37 heavy (non-hydrogen) atoms. The van der Waals surface area contributed by atoms with E-state index in [4.69, 9.17) is 4.74 Å². The van der Waals surface area contributed by atoms with Gasteiger partial charge in [-0.05, 0) is 74.2 Å². The Labute approximate surface area is 217 Å². The van der Waals surface area contributed by atoms with Gasteiger partial charge in [-0.15, -0.1) is 0 Å². The Kier molecular flexibility index (Phi) is 8.75. The molecule has 1 aliphatic rings. The molecule has 0 atom stereocenters. The molecule has 3 amide bonds. The lowest BCUT2D eigenvalue weighted by molar-refractivity contribution is 0.0526. The fourth-order valence-corrected chi connectivity index (χ4v) is 4.29. The maximum Gasteiger partial charge on any atom is 0.338 e. The Morgan fingerprint density at radius 2 is 1.54 bits per heavy atom. The van der Waals surface area contributed by atoms with E-state index in [1.54, 1.807) is 43.3 Å². The molecule has 1 aliphatic heterocycles. The van der Waals surface area contributed by atoms with E-state index in [9.17, 15) is 14.4 Å². The number of amides is 3. The number of rotatable bonds is 9. The highest BCUT2D eigenvalue weighted by Crippen LogP contribution is 2.28. The monoisotopic (exact) mass is 500 g/mol. The van der Waals surface area contributed by atoms with Gasteiger partial charge in [0, 0.05) is 36.7 Å². The molecule has 3 N–H and O–H groups in total. The smallest absolute Gasteiger partial charge is 0.338 e. The van der Waals surface area contributed by atoms with Gasteiger partial charge in [-0.2, -0.15) is 0 Å². The maximum absolute atomic E-state index is 13.2. The van der Waals surface area contributed by atoms with Crippen molar-refractivity contribution in [2.24, 2.45) is 0 Å². The van der Waals surface area contributed by atoms with Crippen LogP contribution in [0.3, 0.4) is 0 Å². The first-order valence-electron chi connectivity index (χ1n) is 12.6. The van der Waals surface area contributed by atoms with E-state index in [0.29, 0.717) is 35.7 Å². The fraction of sp³-hybridized carbons (Fsp3) is 0.276. The van der Waals surface area contributed by atoms with E-state index in [-0.39, 0.29) is 5.91 Å². The molecule has 3 aromatic carbocycles. The summed E-state index contributed by atoms with van der Waals surface area (Å²) in [5.74, 6) is -0.581. The van der Waals surface area contributed by atoms with Gasteiger partial charge in [-0.3, -0.25) is 4.79 Å². The molecule has 0 bridgehead atoms. The molecule has 0 unspecified atom stereocenters. The van der Waals surface area contributed by atoms with Gasteiger partial charge >= 0.3 is 12.0 Å². The molecule has 1 saturated heterocycles. The molecule has 0 saturated carbocycles. The van der Waals surface area contributed by atoms with Crippen molar-refractivity contribution in [2.45, 2.75) is 26.2 Å². The minimum atomic E-state index is -0.451. The van der Waals surface area contributed by atoms with Gasteiger partial charge in [0.05, 0.1) is 17.7 Å². The molecule has 0 aliphatic carbocycles. The lowest BCUT2D eigenvalue weighted by atomic mass is 10.1. The molecule has 0 radical (unpaired) electrons. The minimum absolute atomic E-state index is 0.170. The number of carbonyl (C=O) groups excluding carboxylic acids is 3. The van der Waals surface area contributed by atoms with Gasteiger partial charge in [0.1, 0.15) is 0 Å². The van der Waals surface area contributed by atoms with Crippen LogP contribution in [0.5, 0.6) is 0 Å². The summed E-state index contributed by atoms with van der Waals surface area (Å²) < 4.78 is 4.98. The molecule has 1 fully saturated rings. The zero-order valence-electron chi connectivity index (χ0n) is 21.0. The van der Waals surface area contributed by atoms with Crippen LogP contribution in [0.2, 0.25) is 0 Å². The topological polar surface area (TPSA) is 99.8 Å². The van der Waals surface area contributed by atoms with E-state index >= 15 is 0 Å². The highest BCUT2D eigenvalue weighted by molar-refractivity contribution is 6.04. The lowest BCUT2D eigenvalue weighted by Gasteiger charge is -2.22. The highest BCUT2D eigenvalue weighted by atomic mass is 16.5. The zero-order chi connectivity index (χ0) is 26.0.